The molecule has 4 unspecified atom stereocenters. The standard InChI is InChI=1S/C14H25NO3/c1-17-9-10(16)8-15-12-11-4-7-18-13(11)14(12)5-2-3-6-14/h10-13,15-16H,2-9H2,1H3. The Bertz CT molecular complexity index is 291. The van der Waals surface area contributed by atoms with Crippen LogP contribution in [0.5, 0.6) is 0 Å². The molecule has 2 N–H and O–H groups in total. The lowest BCUT2D eigenvalue weighted by atomic mass is 9.54. The van der Waals surface area contributed by atoms with E-state index in [4.69, 9.17) is 9.47 Å². The van der Waals surface area contributed by atoms with Gasteiger partial charge in [-0.3, -0.25) is 0 Å². The van der Waals surface area contributed by atoms with Gasteiger partial charge in [0.1, 0.15) is 0 Å². The van der Waals surface area contributed by atoms with E-state index in [1.807, 2.05) is 0 Å². The summed E-state index contributed by atoms with van der Waals surface area (Å²) in [6.45, 7) is 1.98. The number of nitrogens with one attached hydrogen (secondary N) is 1. The number of aliphatic hydroxyl groups is 1. The molecule has 0 bridgehead atoms. The smallest absolute Gasteiger partial charge is 0.0897 e. The number of ether oxygens (including phenoxy) is 2. The highest BCUT2D eigenvalue weighted by Gasteiger charge is 2.64. The number of aliphatic hydroxyl groups excluding tert-OH is 1. The van der Waals surface area contributed by atoms with Gasteiger partial charge in [-0.1, -0.05) is 12.8 Å². The van der Waals surface area contributed by atoms with Crippen molar-refractivity contribution in [2.24, 2.45) is 11.3 Å². The van der Waals surface area contributed by atoms with Crippen molar-refractivity contribution in [2.75, 3.05) is 26.9 Å². The Morgan fingerprint density at radius 3 is 2.94 bits per heavy atom. The maximum Gasteiger partial charge on any atom is 0.0897 e. The second kappa shape index (κ2) is 5.08. The fourth-order valence-electron chi connectivity index (χ4n) is 4.52. The summed E-state index contributed by atoms with van der Waals surface area (Å²) >= 11 is 0. The Kier molecular flexibility index (Phi) is 3.63. The molecule has 1 aliphatic heterocycles. The van der Waals surface area contributed by atoms with Gasteiger partial charge in [0.05, 0.1) is 18.8 Å². The van der Waals surface area contributed by atoms with Crippen LogP contribution in [0.3, 0.4) is 0 Å². The van der Waals surface area contributed by atoms with Gasteiger partial charge in [0.2, 0.25) is 0 Å². The van der Waals surface area contributed by atoms with E-state index in [0.717, 1.165) is 6.61 Å². The Hall–Kier alpha value is -0.160. The first kappa shape index (κ1) is 12.9. The van der Waals surface area contributed by atoms with Crippen LogP contribution in [0.4, 0.5) is 0 Å². The van der Waals surface area contributed by atoms with Crippen molar-refractivity contribution in [3.8, 4) is 0 Å². The van der Waals surface area contributed by atoms with E-state index >= 15 is 0 Å². The van der Waals surface area contributed by atoms with Crippen LogP contribution in [0.15, 0.2) is 0 Å². The summed E-state index contributed by atoms with van der Waals surface area (Å²) in [6.07, 6.45) is 6.56. The third kappa shape index (κ3) is 1.90. The van der Waals surface area contributed by atoms with Crippen LogP contribution in [-0.2, 0) is 9.47 Å². The van der Waals surface area contributed by atoms with Gasteiger partial charge >= 0.3 is 0 Å². The van der Waals surface area contributed by atoms with Gasteiger partial charge in [-0.25, -0.2) is 0 Å². The van der Waals surface area contributed by atoms with E-state index in [9.17, 15) is 5.11 Å². The van der Waals surface area contributed by atoms with Gasteiger partial charge in [-0.15, -0.1) is 0 Å². The van der Waals surface area contributed by atoms with Crippen molar-refractivity contribution >= 4 is 0 Å². The Balaban J connectivity index is 1.60. The van der Waals surface area contributed by atoms with Crippen molar-refractivity contribution in [1.29, 1.82) is 0 Å². The molecule has 4 nitrogen and oxygen atoms in total. The Morgan fingerprint density at radius 1 is 1.44 bits per heavy atom. The van der Waals surface area contributed by atoms with Gasteiger partial charge in [-0.05, 0) is 19.3 Å². The van der Waals surface area contributed by atoms with E-state index < -0.39 is 6.10 Å². The molecule has 2 aliphatic carbocycles. The number of rotatable bonds is 5. The van der Waals surface area contributed by atoms with Crippen molar-refractivity contribution in [3.05, 3.63) is 0 Å². The average Bonchev–Trinajstić information content (AvgIpc) is 2.95. The van der Waals surface area contributed by atoms with Gasteiger partial charge in [-0.2, -0.15) is 0 Å². The average molecular weight is 255 g/mol. The minimum absolute atomic E-state index is 0.383. The van der Waals surface area contributed by atoms with E-state index in [1.54, 1.807) is 7.11 Å². The minimum atomic E-state index is -0.394. The molecule has 1 saturated heterocycles. The third-order valence-electron chi connectivity index (χ3n) is 5.22. The van der Waals surface area contributed by atoms with Gasteiger partial charge in [0, 0.05) is 37.6 Å². The molecule has 4 heteroatoms. The van der Waals surface area contributed by atoms with Crippen LogP contribution in [0.1, 0.15) is 32.1 Å². The monoisotopic (exact) mass is 255 g/mol. The normalized spacial score (nSPS) is 38.7. The lowest BCUT2D eigenvalue weighted by Crippen LogP contribution is -2.68. The van der Waals surface area contributed by atoms with Crippen LogP contribution >= 0.6 is 0 Å². The summed E-state index contributed by atoms with van der Waals surface area (Å²) in [5, 5.41) is 13.4. The van der Waals surface area contributed by atoms with Crippen LogP contribution < -0.4 is 5.32 Å². The summed E-state index contributed by atoms with van der Waals surface area (Å²) < 4.78 is 10.9. The van der Waals surface area contributed by atoms with Gasteiger partial charge in [0.15, 0.2) is 0 Å². The zero-order valence-electron chi connectivity index (χ0n) is 11.2. The van der Waals surface area contributed by atoms with Crippen LogP contribution in [0.25, 0.3) is 0 Å². The summed E-state index contributed by atoms with van der Waals surface area (Å²) in [7, 11) is 1.63. The number of hydrogen-bond acceptors (Lipinski definition) is 4. The van der Waals surface area contributed by atoms with Crippen LogP contribution in [0, 0.1) is 11.3 Å². The summed E-state index contributed by atoms with van der Waals surface area (Å²) in [5.74, 6) is 0.679. The molecule has 1 heterocycles. The lowest BCUT2D eigenvalue weighted by Gasteiger charge is -2.57. The molecule has 4 atom stereocenters. The molecule has 2 saturated carbocycles. The SMILES string of the molecule is COCC(O)CNC1C2CCOC2C12CCCC2. The van der Waals surface area contributed by atoms with Crippen molar-refractivity contribution in [2.45, 2.75) is 50.4 Å². The molecule has 3 aliphatic rings. The summed E-state index contributed by atoms with van der Waals surface area (Å²) in [4.78, 5) is 0. The fraction of sp³-hybridized carbons (Fsp3) is 1.00. The van der Waals surface area contributed by atoms with E-state index in [1.165, 1.54) is 32.1 Å². The second-order valence-electron chi connectivity index (χ2n) is 6.18. The highest BCUT2D eigenvalue weighted by molar-refractivity contribution is 5.16. The largest absolute Gasteiger partial charge is 0.389 e. The topological polar surface area (TPSA) is 50.7 Å². The predicted molar refractivity (Wildman–Crippen MR) is 68.4 cm³/mol. The number of fused-ring (bicyclic) bond motifs is 2. The van der Waals surface area contributed by atoms with E-state index in [0.29, 0.717) is 36.6 Å². The predicted octanol–water partition coefficient (Wildman–Crippen LogP) is 0.931. The summed E-state index contributed by atoms with van der Waals surface area (Å²) in [6, 6.07) is 0.555. The van der Waals surface area contributed by atoms with Crippen molar-refractivity contribution < 1.29 is 14.6 Å². The Morgan fingerprint density at radius 2 is 2.22 bits per heavy atom. The zero-order valence-corrected chi connectivity index (χ0v) is 11.2. The van der Waals surface area contributed by atoms with Crippen LogP contribution in [-0.4, -0.2) is 50.2 Å². The molecular formula is C14H25NO3. The first-order valence-electron chi connectivity index (χ1n) is 7.30. The number of hydrogen-bond donors (Lipinski definition) is 2. The van der Waals surface area contributed by atoms with Gasteiger partial charge < -0.3 is 19.9 Å². The third-order valence-corrected chi connectivity index (χ3v) is 5.22. The molecule has 1 spiro atoms. The highest BCUT2D eigenvalue weighted by atomic mass is 16.5. The molecule has 104 valence electrons. The molecule has 0 aromatic rings. The zero-order chi connectivity index (χ0) is 12.6. The highest BCUT2D eigenvalue weighted by Crippen LogP contribution is 2.60. The molecule has 0 radical (unpaired) electrons. The molecule has 3 fully saturated rings. The van der Waals surface area contributed by atoms with Crippen LogP contribution in [0.2, 0.25) is 0 Å². The lowest BCUT2D eigenvalue weighted by molar-refractivity contribution is -0.132. The minimum Gasteiger partial charge on any atom is -0.389 e. The quantitative estimate of drug-likeness (QED) is 0.767. The molecule has 18 heavy (non-hydrogen) atoms. The maximum absolute atomic E-state index is 9.77. The molecule has 0 aromatic heterocycles. The fourth-order valence-corrected chi connectivity index (χ4v) is 4.52. The van der Waals surface area contributed by atoms with Crippen molar-refractivity contribution in [1.82, 2.24) is 5.32 Å². The first-order valence-corrected chi connectivity index (χ1v) is 7.30. The molecule has 0 aromatic carbocycles. The summed E-state index contributed by atoms with van der Waals surface area (Å²) in [5.41, 5.74) is 0.383. The molecule has 0 amide bonds. The van der Waals surface area contributed by atoms with Gasteiger partial charge in [0.25, 0.3) is 0 Å². The molecule has 3 rings (SSSR count). The van der Waals surface area contributed by atoms with Crippen molar-refractivity contribution in [3.63, 3.8) is 0 Å². The Labute approximate surface area is 109 Å². The second-order valence-corrected chi connectivity index (χ2v) is 6.18. The molecular weight excluding hydrogens is 230 g/mol. The van der Waals surface area contributed by atoms with E-state index in [2.05, 4.69) is 5.32 Å². The van der Waals surface area contributed by atoms with E-state index in [-0.39, 0.29) is 0 Å². The maximum atomic E-state index is 9.77. The first-order chi connectivity index (χ1) is 8.78. The number of methoxy groups -OCH3 is 1.